The maximum absolute atomic E-state index is 12.3. The molecular weight excluding hydrogens is 360 g/mol. The molecule has 0 fully saturated rings. The van der Waals surface area contributed by atoms with Crippen molar-refractivity contribution in [1.29, 1.82) is 0 Å². The summed E-state index contributed by atoms with van der Waals surface area (Å²) in [5.41, 5.74) is 0.797. The predicted molar refractivity (Wildman–Crippen MR) is 96.8 cm³/mol. The predicted octanol–water partition coefficient (Wildman–Crippen LogP) is 4.77. The molecule has 0 aliphatic rings. The minimum Gasteiger partial charge on any atom is -0.497 e. The fourth-order valence-electron chi connectivity index (χ4n) is 2.29. The van der Waals surface area contributed by atoms with Crippen molar-refractivity contribution >= 4 is 28.9 Å². The molecule has 0 radical (unpaired) electrons. The number of furan rings is 1. The van der Waals surface area contributed by atoms with Gasteiger partial charge in [0.2, 0.25) is 0 Å². The third-order valence-electron chi connectivity index (χ3n) is 3.61. The smallest absolute Gasteiger partial charge is 0.291 e. The van der Waals surface area contributed by atoms with Gasteiger partial charge in [0.15, 0.2) is 5.76 Å². The van der Waals surface area contributed by atoms with E-state index in [1.54, 1.807) is 43.5 Å². The molecule has 1 N–H and O–H groups in total. The van der Waals surface area contributed by atoms with Crippen LogP contribution in [0, 0.1) is 10.1 Å². The summed E-state index contributed by atoms with van der Waals surface area (Å²) in [6.07, 6.45) is 0. The fourth-order valence-corrected chi connectivity index (χ4v) is 2.47. The van der Waals surface area contributed by atoms with Crippen molar-refractivity contribution < 1.29 is 18.9 Å². The maximum Gasteiger partial charge on any atom is 0.291 e. The molecule has 26 heavy (non-hydrogen) atoms. The highest BCUT2D eigenvalue weighted by Crippen LogP contribution is 2.31. The fraction of sp³-hybridized carbons (Fsp3) is 0.0556. The van der Waals surface area contributed by atoms with Gasteiger partial charge in [0.05, 0.1) is 12.0 Å². The van der Waals surface area contributed by atoms with Gasteiger partial charge in [-0.05, 0) is 48.5 Å². The van der Waals surface area contributed by atoms with Crippen LogP contribution in [0.1, 0.15) is 10.6 Å². The van der Waals surface area contributed by atoms with Crippen molar-refractivity contribution in [2.45, 2.75) is 0 Å². The number of benzene rings is 2. The lowest BCUT2D eigenvalue weighted by Gasteiger charge is -2.04. The number of hydrogen-bond donors (Lipinski definition) is 1. The summed E-state index contributed by atoms with van der Waals surface area (Å²) in [4.78, 5) is 22.7. The number of nitrogens with zero attached hydrogens (tertiary/aromatic N) is 1. The molecule has 0 saturated carbocycles. The highest BCUT2D eigenvalue weighted by atomic mass is 35.5. The number of nitro groups is 1. The lowest BCUT2D eigenvalue weighted by molar-refractivity contribution is -0.384. The molecule has 132 valence electrons. The maximum atomic E-state index is 12.3. The molecule has 1 aromatic heterocycles. The largest absolute Gasteiger partial charge is 0.497 e. The average Bonchev–Trinajstić information content (AvgIpc) is 3.13. The SMILES string of the molecule is COc1ccc(NC(=O)c2ccc(-c3ccc(Cl)c([N+](=O)[O-])c3)o2)cc1. The van der Waals surface area contributed by atoms with E-state index in [1.165, 1.54) is 18.2 Å². The number of halogens is 1. The Hall–Kier alpha value is -3.32. The van der Waals surface area contributed by atoms with Crippen LogP contribution in [-0.4, -0.2) is 17.9 Å². The van der Waals surface area contributed by atoms with Gasteiger partial charge in [0.25, 0.3) is 11.6 Å². The molecule has 3 aromatic rings. The van der Waals surface area contributed by atoms with E-state index < -0.39 is 10.8 Å². The van der Waals surface area contributed by atoms with Gasteiger partial charge in [-0.2, -0.15) is 0 Å². The number of methoxy groups -OCH3 is 1. The summed E-state index contributed by atoms with van der Waals surface area (Å²) in [5, 5.41) is 13.7. The molecule has 0 bridgehead atoms. The highest BCUT2D eigenvalue weighted by molar-refractivity contribution is 6.32. The van der Waals surface area contributed by atoms with E-state index in [4.69, 9.17) is 20.8 Å². The van der Waals surface area contributed by atoms with Crippen LogP contribution >= 0.6 is 11.6 Å². The second-order valence-electron chi connectivity index (χ2n) is 5.27. The van der Waals surface area contributed by atoms with Gasteiger partial charge in [-0.1, -0.05) is 11.6 Å². The molecule has 3 rings (SSSR count). The molecule has 8 heteroatoms. The second kappa shape index (κ2) is 7.28. The number of hydrogen-bond acceptors (Lipinski definition) is 5. The molecule has 0 aliphatic heterocycles. The lowest BCUT2D eigenvalue weighted by atomic mass is 10.1. The third-order valence-corrected chi connectivity index (χ3v) is 3.92. The Morgan fingerprint density at radius 3 is 2.54 bits per heavy atom. The molecule has 7 nitrogen and oxygen atoms in total. The van der Waals surface area contributed by atoms with Crippen molar-refractivity contribution in [3.8, 4) is 17.1 Å². The van der Waals surface area contributed by atoms with Gasteiger partial charge in [-0.25, -0.2) is 0 Å². The third kappa shape index (κ3) is 3.68. The van der Waals surface area contributed by atoms with Crippen molar-refractivity contribution in [2.75, 3.05) is 12.4 Å². The Morgan fingerprint density at radius 2 is 1.88 bits per heavy atom. The van der Waals surface area contributed by atoms with Crippen LogP contribution in [0.25, 0.3) is 11.3 Å². The summed E-state index contributed by atoms with van der Waals surface area (Å²) in [7, 11) is 1.55. The van der Waals surface area contributed by atoms with E-state index in [0.717, 1.165) is 0 Å². The molecule has 0 aliphatic carbocycles. The van der Waals surface area contributed by atoms with Gasteiger partial charge >= 0.3 is 0 Å². The molecule has 1 heterocycles. The van der Waals surface area contributed by atoms with Crippen LogP contribution in [-0.2, 0) is 0 Å². The molecule has 0 spiro atoms. The lowest BCUT2D eigenvalue weighted by Crippen LogP contribution is -2.10. The average molecular weight is 373 g/mol. The first kappa shape index (κ1) is 17.5. The van der Waals surface area contributed by atoms with Crippen molar-refractivity contribution in [3.63, 3.8) is 0 Å². The van der Waals surface area contributed by atoms with Gasteiger partial charge in [-0.3, -0.25) is 14.9 Å². The summed E-state index contributed by atoms with van der Waals surface area (Å²) < 4.78 is 10.6. The number of nitro benzene ring substituents is 1. The van der Waals surface area contributed by atoms with E-state index >= 15 is 0 Å². The standard InChI is InChI=1S/C18H13ClN2O5/c1-25-13-5-3-12(4-6-13)20-18(22)17-9-8-16(26-17)11-2-7-14(19)15(10-11)21(23)24/h2-10H,1H3,(H,20,22). The van der Waals surface area contributed by atoms with Crippen LogP contribution in [0.4, 0.5) is 11.4 Å². The number of amides is 1. The first-order valence-electron chi connectivity index (χ1n) is 7.47. The Balaban J connectivity index is 1.79. The Morgan fingerprint density at radius 1 is 1.15 bits per heavy atom. The van der Waals surface area contributed by atoms with E-state index in [0.29, 0.717) is 22.8 Å². The van der Waals surface area contributed by atoms with Crippen LogP contribution in [0.5, 0.6) is 5.75 Å². The quantitative estimate of drug-likeness (QED) is 0.514. The second-order valence-corrected chi connectivity index (χ2v) is 5.68. The first-order chi connectivity index (χ1) is 12.5. The van der Waals surface area contributed by atoms with Crippen molar-refractivity contribution in [2.24, 2.45) is 0 Å². The van der Waals surface area contributed by atoms with Crippen LogP contribution < -0.4 is 10.1 Å². The topological polar surface area (TPSA) is 94.6 Å². The van der Waals surface area contributed by atoms with Crippen LogP contribution in [0.15, 0.2) is 59.0 Å². The van der Waals surface area contributed by atoms with E-state index in [2.05, 4.69) is 5.32 Å². The van der Waals surface area contributed by atoms with Crippen molar-refractivity contribution in [3.05, 3.63) is 75.5 Å². The number of carbonyl (C=O) groups excluding carboxylic acids is 1. The van der Waals surface area contributed by atoms with Gasteiger partial charge in [0.1, 0.15) is 16.5 Å². The van der Waals surface area contributed by atoms with Crippen LogP contribution in [0.3, 0.4) is 0 Å². The zero-order valence-corrected chi connectivity index (χ0v) is 14.3. The number of anilines is 1. The van der Waals surface area contributed by atoms with Gasteiger partial charge < -0.3 is 14.5 Å². The van der Waals surface area contributed by atoms with E-state index in [1.807, 2.05) is 0 Å². The van der Waals surface area contributed by atoms with E-state index in [-0.39, 0.29) is 16.5 Å². The van der Waals surface area contributed by atoms with Crippen LogP contribution in [0.2, 0.25) is 5.02 Å². The summed E-state index contributed by atoms with van der Waals surface area (Å²) in [6, 6.07) is 14.2. The Bertz CT molecular complexity index is 966. The van der Waals surface area contributed by atoms with Crippen molar-refractivity contribution in [1.82, 2.24) is 0 Å². The zero-order valence-electron chi connectivity index (χ0n) is 13.6. The summed E-state index contributed by atoms with van der Waals surface area (Å²) >= 11 is 5.80. The summed E-state index contributed by atoms with van der Waals surface area (Å²) in [6.45, 7) is 0. The monoisotopic (exact) mass is 372 g/mol. The molecular formula is C18H13ClN2O5. The Kier molecular flexibility index (Phi) is 4.90. The minimum absolute atomic E-state index is 0.0304. The highest BCUT2D eigenvalue weighted by Gasteiger charge is 2.17. The Labute approximate surface area is 153 Å². The normalized spacial score (nSPS) is 10.4. The number of rotatable bonds is 5. The van der Waals surface area contributed by atoms with E-state index in [9.17, 15) is 14.9 Å². The number of carbonyl (C=O) groups is 1. The number of nitrogens with one attached hydrogen (secondary N) is 1. The first-order valence-corrected chi connectivity index (χ1v) is 7.85. The molecule has 0 saturated heterocycles. The molecule has 0 atom stereocenters. The summed E-state index contributed by atoms with van der Waals surface area (Å²) in [5.74, 6) is 0.635. The van der Waals surface area contributed by atoms with Gasteiger partial charge in [0, 0.05) is 17.3 Å². The van der Waals surface area contributed by atoms with Gasteiger partial charge in [-0.15, -0.1) is 0 Å². The molecule has 0 unspecified atom stereocenters. The molecule has 2 aromatic carbocycles. The zero-order chi connectivity index (χ0) is 18.7. The number of ether oxygens (including phenoxy) is 1. The molecule has 1 amide bonds. The minimum atomic E-state index is -0.577.